The molecule has 0 radical (unpaired) electrons. The monoisotopic (exact) mass is 645 g/mol. The van der Waals surface area contributed by atoms with Crippen LogP contribution in [0.2, 0.25) is 0 Å². The van der Waals surface area contributed by atoms with Crippen LogP contribution in [-0.2, 0) is 22.6 Å². The fraction of sp³-hybridized carbons (Fsp3) is 0.472. The van der Waals surface area contributed by atoms with Crippen molar-refractivity contribution in [1.82, 2.24) is 20.4 Å². The minimum absolute atomic E-state index is 0.134. The molecule has 1 aliphatic carbocycles. The van der Waals surface area contributed by atoms with Crippen LogP contribution in [0.5, 0.6) is 0 Å². The van der Waals surface area contributed by atoms with Crippen molar-refractivity contribution in [1.29, 1.82) is 0 Å². The van der Waals surface area contributed by atoms with Crippen molar-refractivity contribution in [2.24, 2.45) is 5.92 Å². The minimum Gasteiger partial charge on any atom is -0.619 e. The average molecular weight is 646 g/mol. The first kappa shape index (κ1) is 34.5. The summed E-state index contributed by atoms with van der Waals surface area (Å²) in [4.78, 5) is 31.5. The number of aliphatic hydroxyl groups is 3. The van der Waals surface area contributed by atoms with Crippen molar-refractivity contribution in [3.8, 4) is 0 Å². The van der Waals surface area contributed by atoms with Gasteiger partial charge in [0.1, 0.15) is 18.2 Å². The van der Waals surface area contributed by atoms with Crippen LogP contribution in [0.1, 0.15) is 61.6 Å². The zero-order valence-electron chi connectivity index (χ0n) is 27.3. The molecule has 2 heterocycles. The van der Waals surface area contributed by atoms with E-state index in [1.807, 2.05) is 62.1 Å². The van der Waals surface area contributed by atoms with Crippen LogP contribution in [0.25, 0.3) is 0 Å². The molecular formula is C36H47N5O6. The van der Waals surface area contributed by atoms with Gasteiger partial charge in [-0.2, -0.15) is 4.73 Å². The average Bonchev–Trinajstić information content (AvgIpc) is 3.26. The van der Waals surface area contributed by atoms with E-state index in [1.165, 1.54) is 12.4 Å². The highest BCUT2D eigenvalue weighted by atomic mass is 16.5. The third-order valence-corrected chi connectivity index (χ3v) is 8.93. The molecule has 0 spiro atoms. The zero-order chi connectivity index (χ0) is 33.7. The summed E-state index contributed by atoms with van der Waals surface area (Å²) in [5.74, 6) is -1.11. The number of pyridine rings is 1. The number of carbonyl (C=O) groups is 2. The number of β-amino-alcohol motifs (C(OH)–C–C–N with tert-alkyl or cyclic N) is 1. The number of piperazine rings is 1. The molecule has 5 rings (SSSR count). The first-order chi connectivity index (χ1) is 22.4. The molecule has 3 aromatic rings. The van der Waals surface area contributed by atoms with E-state index in [9.17, 15) is 30.1 Å². The first-order valence-corrected chi connectivity index (χ1v) is 16.3. The van der Waals surface area contributed by atoms with Gasteiger partial charge in [-0.1, -0.05) is 54.6 Å². The Morgan fingerprint density at radius 3 is 2.36 bits per heavy atom. The van der Waals surface area contributed by atoms with Gasteiger partial charge in [0.25, 0.3) is 0 Å². The van der Waals surface area contributed by atoms with E-state index in [2.05, 4.69) is 15.5 Å². The van der Waals surface area contributed by atoms with Crippen molar-refractivity contribution in [3.63, 3.8) is 0 Å². The lowest BCUT2D eigenvalue weighted by Gasteiger charge is -2.42. The number of amides is 2. The largest absolute Gasteiger partial charge is 0.619 e. The number of nitrogens with zero attached hydrogens (tertiary/aromatic N) is 3. The summed E-state index contributed by atoms with van der Waals surface area (Å²) < 4.78 is 0.766. The fourth-order valence-electron chi connectivity index (χ4n) is 6.70. The quantitative estimate of drug-likeness (QED) is 0.156. The fourth-order valence-corrected chi connectivity index (χ4v) is 6.70. The van der Waals surface area contributed by atoms with Crippen LogP contribution in [0.15, 0.2) is 79.1 Å². The number of carbonyl (C=O) groups excluding carboxylic acids is 2. The van der Waals surface area contributed by atoms with Crippen LogP contribution in [0, 0.1) is 11.1 Å². The van der Waals surface area contributed by atoms with Crippen molar-refractivity contribution in [2.45, 2.75) is 76.1 Å². The van der Waals surface area contributed by atoms with Gasteiger partial charge in [0.2, 0.25) is 11.8 Å². The first-order valence-electron chi connectivity index (χ1n) is 16.3. The minimum atomic E-state index is -1.19. The Labute approximate surface area is 276 Å². The normalized spacial score (nSPS) is 23.1. The number of hydrogen-bond acceptors (Lipinski definition) is 8. The van der Waals surface area contributed by atoms with Crippen LogP contribution in [0.4, 0.5) is 0 Å². The molecule has 252 valence electrons. The topological polar surface area (TPSA) is 152 Å². The number of aromatic nitrogens is 1. The summed E-state index contributed by atoms with van der Waals surface area (Å²) in [7, 11) is 0. The van der Waals surface area contributed by atoms with Gasteiger partial charge in [-0.3, -0.25) is 19.4 Å². The van der Waals surface area contributed by atoms with E-state index >= 15 is 0 Å². The molecule has 1 fully saturated rings. The third-order valence-electron chi connectivity index (χ3n) is 8.93. The molecule has 11 heteroatoms. The SMILES string of the molecule is CC(C)(C)NC(=O)[C@@H]1CN(Cc2ccc[n+]([O-])c2)CCN1C[C@@H](O)C[C@@H](Cc1ccccc1)C(=O)N[C@H]1c2ccccc2[C@H](O)[C@H]1O. The van der Waals surface area contributed by atoms with Crippen molar-refractivity contribution < 1.29 is 29.6 Å². The predicted molar refractivity (Wildman–Crippen MR) is 176 cm³/mol. The van der Waals surface area contributed by atoms with Crippen LogP contribution in [-0.4, -0.2) is 86.9 Å². The number of fused-ring (bicyclic) bond motifs is 1. The maximum atomic E-state index is 13.8. The lowest BCUT2D eigenvalue weighted by atomic mass is 9.91. The molecule has 6 atom stereocenters. The van der Waals surface area contributed by atoms with E-state index in [1.54, 1.807) is 30.3 Å². The summed E-state index contributed by atoms with van der Waals surface area (Å²) >= 11 is 0. The standard InChI is InChI=1S/C36H47N5O6/c1-36(2,3)38-35(46)30-23-39(20-25-12-9-15-41(47)21-25)16-17-40(30)22-27(42)19-26(18-24-10-5-4-6-11-24)34(45)37-31-28-13-7-8-14-29(28)32(43)33(31)44/h4-15,21,26-27,30-33,42-44H,16-20,22-23H2,1-3H3,(H,37,45)(H,38,46)/t26-,27+,30+,31+,32+,33+/m1/s1. The summed E-state index contributed by atoms with van der Waals surface area (Å²) in [5.41, 5.74) is 2.59. The summed E-state index contributed by atoms with van der Waals surface area (Å²) in [6, 6.07) is 19.0. The second-order valence-electron chi connectivity index (χ2n) is 13.9. The molecule has 0 bridgehead atoms. The Balaban J connectivity index is 1.30. The second-order valence-corrected chi connectivity index (χ2v) is 13.9. The van der Waals surface area contributed by atoms with Gasteiger partial charge in [0.05, 0.1) is 12.1 Å². The molecule has 1 aromatic heterocycles. The van der Waals surface area contributed by atoms with Gasteiger partial charge in [-0.05, 0) is 56.4 Å². The van der Waals surface area contributed by atoms with Gasteiger partial charge in [-0.15, -0.1) is 0 Å². The van der Waals surface area contributed by atoms with Gasteiger partial charge in [-0.25, -0.2) is 0 Å². The van der Waals surface area contributed by atoms with Gasteiger partial charge < -0.3 is 31.2 Å². The summed E-state index contributed by atoms with van der Waals surface area (Å²) in [6.45, 7) is 8.04. The summed E-state index contributed by atoms with van der Waals surface area (Å²) in [6.07, 6.45) is 0.253. The molecule has 0 unspecified atom stereocenters. The molecule has 2 aliphatic rings. The van der Waals surface area contributed by atoms with Crippen LogP contribution < -0.4 is 15.4 Å². The van der Waals surface area contributed by atoms with E-state index in [4.69, 9.17) is 0 Å². The van der Waals surface area contributed by atoms with E-state index in [0.29, 0.717) is 43.7 Å². The molecule has 5 N–H and O–H groups in total. The zero-order valence-corrected chi connectivity index (χ0v) is 27.3. The Hall–Kier alpha value is -3.87. The van der Waals surface area contributed by atoms with Crippen molar-refractivity contribution in [3.05, 3.63) is 107 Å². The molecule has 11 nitrogen and oxygen atoms in total. The van der Waals surface area contributed by atoms with Crippen LogP contribution in [0.3, 0.4) is 0 Å². The maximum Gasteiger partial charge on any atom is 0.239 e. The Bertz CT molecular complexity index is 1510. The molecular weight excluding hydrogens is 598 g/mol. The highest BCUT2D eigenvalue weighted by Crippen LogP contribution is 2.39. The van der Waals surface area contributed by atoms with E-state index in [0.717, 1.165) is 15.9 Å². The number of benzene rings is 2. The second kappa shape index (κ2) is 14.9. The summed E-state index contributed by atoms with van der Waals surface area (Å²) in [5, 5.41) is 50.7. The Kier molecular flexibility index (Phi) is 10.9. The molecule has 1 saturated heterocycles. The van der Waals surface area contributed by atoms with Crippen molar-refractivity contribution in [2.75, 3.05) is 26.2 Å². The predicted octanol–water partition coefficient (Wildman–Crippen LogP) is 1.60. The maximum absolute atomic E-state index is 13.8. The number of nitrogens with one attached hydrogen (secondary N) is 2. The van der Waals surface area contributed by atoms with Gasteiger partial charge >= 0.3 is 0 Å². The van der Waals surface area contributed by atoms with Gasteiger partial charge in [0, 0.05) is 55.8 Å². The van der Waals surface area contributed by atoms with Crippen LogP contribution >= 0.6 is 0 Å². The molecule has 47 heavy (non-hydrogen) atoms. The highest BCUT2D eigenvalue weighted by Gasteiger charge is 2.41. The van der Waals surface area contributed by atoms with E-state index in [-0.39, 0.29) is 24.8 Å². The molecule has 0 saturated carbocycles. The molecule has 2 amide bonds. The lowest BCUT2D eigenvalue weighted by molar-refractivity contribution is -0.605. The third kappa shape index (κ3) is 8.94. The highest BCUT2D eigenvalue weighted by molar-refractivity contribution is 5.83. The number of aliphatic hydroxyl groups excluding tert-OH is 3. The molecule has 2 aromatic carbocycles. The smallest absolute Gasteiger partial charge is 0.239 e. The Morgan fingerprint density at radius 2 is 1.66 bits per heavy atom. The van der Waals surface area contributed by atoms with Gasteiger partial charge in [0.15, 0.2) is 12.4 Å². The molecule has 1 aliphatic heterocycles. The number of rotatable bonds is 11. The lowest BCUT2D eigenvalue weighted by Crippen LogP contribution is -2.62. The Morgan fingerprint density at radius 1 is 0.979 bits per heavy atom. The van der Waals surface area contributed by atoms with Crippen molar-refractivity contribution >= 4 is 11.8 Å². The van der Waals surface area contributed by atoms with E-state index < -0.39 is 41.9 Å². The number of hydrogen-bond donors (Lipinski definition) is 5.